The molecule has 0 spiro atoms. The number of nitrogens with zero attached hydrogens (tertiary/aromatic N) is 2. The summed E-state index contributed by atoms with van der Waals surface area (Å²) >= 11 is 0. The van der Waals surface area contributed by atoms with Gasteiger partial charge in [0.15, 0.2) is 0 Å². The van der Waals surface area contributed by atoms with Crippen LogP contribution >= 0.6 is 0 Å². The summed E-state index contributed by atoms with van der Waals surface area (Å²) in [5, 5.41) is 3.03. The number of carbonyl (C=O) groups excluding carboxylic acids is 1. The molecule has 1 amide bonds. The van der Waals surface area contributed by atoms with Crippen LogP contribution in [-0.4, -0.2) is 61.6 Å². The minimum Gasteiger partial charge on any atom is -0.378 e. The average molecular weight is 363 g/mol. The second kappa shape index (κ2) is 8.93. The molecule has 2 fully saturated rings. The molecule has 1 saturated carbocycles. The number of hydrogen-bond acceptors (Lipinski definition) is 4. The van der Waals surface area contributed by atoms with Crippen LogP contribution in [0, 0.1) is 5.82 Å². The van der Waals surface area contributed by atoms with Crippen LogP contribution in [0.4, 0.5) is 4.39 Å². The first kappa shape index (κ1) is 19.3. The van der Waals surface area contributed by atoms with Crippen molar-refractivity contribution in [1.29, 1.82) is 0 Å². The van der Waals surface area contributed by atoms with Crippen molar-refractivity contribution in [3.63, 3.8) is 0 Å². The minimum atomic E-state index is -0.214. The average Bonchev–Trinajstić information content (AvgIpc) is 3.16. The van der Waals surface area contributed by atoms with Gasteiger partial charge in [-0.25, -0.2) is 4.39 Å². The zero-order valence-corrected chi connectivity index (χ0v) is 15.8. The van der Waals surface area contributed by atoms with Crippen LogP contribution in [0.25, 0.3) is 0 Å². The summed E-state index contributed by atoms with van der Waals surface area (Å²) < 4.78 is 19.5. The molecule has 1 heterocycles. The van der Waals surface area contributed by atoms with Gasteiger partial charge in [-0.2, -0.15) is 0 Å². The molecule has 1 atom stereocenters. The van der Waals surface area contributed by atoms with E-state index >= 15 is 0 Å². The molecule has 0 bridgehead atoms. The Morgan fingerprint density at radius 2 is 2.12 bits per heavy atom. The lowest BCUT2D eigenvalue weighted by atomic mass is 10.1. The molecule has 6 heteroatoms. The molecular weight excluding hydrogens is 333 g/mol. The largest absolute Gasteiger partial charge is 0.378 e. The van der Waals surface area contributed by atoms with Crippen molar-refractivity contribution in [2.24, 2.45) is 0 Å². The van der Waals surface area contributed by atoms with Gasteiger partial charge in [-0.1, -0.05) is 18.9 Å². The second-order valence-corrected chi connectivity index (χ2v) is 7.65. The molecule has 1 unspecified atom stereocenters. The summed E-state index contributed by atoms with van der Waals surface area (Å²) in [5.74, 6) is -0.197. The predicted octanol–water partition coefficient (Wildman–Crippen LogP) is 2.15. The van der Waals surface area contributed by atoms with E-state index in [1.54, 1.807) is 6.07 Å². The lowest BCUT2D eigenvalue weighted by molar-refractivity contribution is -0.134. The van der Waals surface area contributed by atoms with Gasteiger partial charge in [0, 0.05) is 31.2 Å². The first-order valence-corrected chi connectivity index (χ1v) is 9.58. The van der Waals surface area contributed by atoms with Gasteiger partial charge in [-0.15, -0.1) is 0 Å². The van der Waals surface area contributed by atoms with Gasteiger partial charge in [0.2, 0.25) is 5.91 Å². The summed E-state index contributed by atoms with van der Waals surface area (Å²) in [5.41, 5.74) is 1.57. The van der Waals surface area contributed by atoms with E-state index in [2.05, 4.69) is 10.2 Å². The Kier molecular flexibility index (Phi) is 6.62. The number of nitrogens with one attached hydrogen (secondary N) is 1. The third-order valence-corrected chi connectivity index (χ3v) is 5.33. The Hall–Kier alpha value is -1.50. The molecule has 0 radical (unpaired) electrons. The molecule has 0 aromatic heterocycles. The van der Waals surface area contributed by atoms with Crippen molar-refractivity contribution in [3.8, 4) is 0 Å². The molecule has 26 heavy (non-hydrogen) atoms. The van der Waals surface area contributed by atoms with Gasteiger partial charge in [0.25, 0.3) is 0 Å². The summed E-state index contributed by atoms with van der Waals surface area (Å²) in [7, 11) is 3.82. The smallest absolute Gasteiger partial charge is 0.240 e. The normalized spacial score (nSPS) is 22.1. The molecule has 144 valence electrons. The molecule has 5 nitrogen and oxygen atoms in total. The van der Waals surface area contributed by atoms with Crippen LogP contribution in [0.2, 0.25) is 0 Å². The lowest BCUT2D eigenvalue weighted by Crippen LogP contribution is -2.56. The third kappa shape index (κ3) is 4.81. The highest BCUT2D eigenvalue weighted by Gasteiger charge is 2.35. The van der Waals surface area contributed by atoms with E-state index < -0.39 is 0 Å². The molecule has 3 rings (SSSR count). The van der Waals surface area contributed by atoms with Crippen molar-refractivity contribution in [1.82, 2.24) is 15.1 Å². The maximum Gasteiger partial charge on any atom is 0.240 e. The van der Waals surface area contributed by atoms with Gasteiger partial charge >= 0.3 is 0 Å². The van der Waals surface area contributed by atoms with Crippen LogP contribution in [0.5, 0.6) is 0 Å². The van der Waals surface area contributed by atoms with E-state index in [9.17, 15) is 9.18 Å². The monoisotopic (exact) mass is 363 g/mol. The molecular formula is C20H30FN3O2. The molecule has 1 aromatic rings. The zero-order chi connectivity index (χ0) is 18.5. The van der Waals surface area contributed by atoms with Crippen molar-refractivity contribution in [2.45, 2.75) is 50.9 Å². The van der Waals surface area contributed by atoms with Crippen molar-refractivity contribution < 1.29 is 13.9 Å². The number of benzene rings is 1. The highest BCUT2D eigenvalue weighted by atomic mass is 19.1. The summed E-state index contributed by atoms with van der Waals surface area (Å²) in [4.78, 5) is 17.0. The summed E-state index contributed by atoms with van der Waals surface area (Å²) in [6, 6.07) is 5.35. The van der Waals surface area contributed by atoms with Crippen LogP contribution in [0.1, 0.15) is 36.8 Å². The van der Waals surface area contributed by atoms with E-state index in [0.29, 0.717) is 37.9 Å². The van der Waals surface area contributed by atoms with E-state index in [1.807, 2.05) is 25.1 Å². The SMILES string of the molecule is CN(C)Cc1cc(CNC(=O)C2COCCN2C2CCCC2)ccc1F. The molecule has 2 aliphatic rings. The first-order chi connectivity index (χ1) is 12.5. The topological polar surface area (TPSA) is 44.8 Å². The lowest BCUT2D eigenvalue weighted by Gasteiger charge is -2.38. The highest BCUT2D eigenvalue weighted by Crippen LogP contribution is 2.26. The Morgan fingerprint density at radius 3 is 2.85 bits per heavy atom. The van der Waals surface area contributed by atoms with Crippen LogP contribution < -0.4 is 5.32 Å². The summed E-state index contributed by atoms with van der Waals surface area (Å²) in [6.07, 6.45) is 4.85. The van der Waals surface area contributed by atoms with Crippen molar-refractivity contribution >= 4 is 5.91 Å². The number of halogens is 1. The molecule has 1 aliphatic carbocycles. The molecule has 1 N–H and O–H groups in total. The molecule has 1 aromatic carbocycles. The van der Waals surface area contributed by atoms with Crippen molar-refractivity contribution in [2.75, 3.05) is 33.9 Å². The van der Waals surface area contributed by atoms with E-state index in [1.165, 1.54) is 31.7 Å². The maximum absolute atomic E-state index is 13.9. The van der Waals surface area contributed by atoms with Gasteiger partial charge in [-0.05, 0) is 44.6 Å². The van der Waals surface area contributed by atoms with Gasteiger partial charge < -0.3 is 15.0 Å². The quantitative estimate of drug-likeness (QED) is 0.841. The Balaban J connectivity index is 1.60. The molecule has 1 aliphatic heterocycles. The van der Waals surface area contributed by atoms with Crippen LogP contribution in [0.3, 0.4) is 0 Å². The number of carbonyl (C=O) groups is 1. The zero-order valence-electron chi connectivity index (χ0n) is 15.8. The number of rotatable bonds is 6. The fourth-order valence-electron chi connectivity index (χ4n) is 4.02. The predicted molar refractivity (Wildman–Crippen MR) is 99.2 cm³/mol. The van der Waals surface area contributed by atoms with Crippen LogP contribution in [0.15, 0.2) is 18.2 Å². The fourth-order valence-corrected chi connectivity index (χ4v) is 4.02. The Bertz CT molecular complexity index is 617. The number of ether oxygens (including phenoxy) is 1. The van der Waals surface area contributed by atoms with Crippen LogP contribution in [-0.2, 0) is 22.6 Å². The van der Waals surface area contributed by atoms with Gasteiger partial charge in [0.1, 0.15) is 11.9 Å². The third-order valence-electron chi connectivity index (χ3n) is 5.33. The second-order valence-electron chi connectivity index (χ2n) is 7.65. The maximum atomic E-state index is 13.9. The first-order valence-electron chi connectivity index (χ1n) is 9.58. The number of hydrogen-bond donors (Lipinski definition) is 1. The van der Waals surface area contributed by atoms with E-state index in [4.69, 9.17) is 4.74 Å². The minimum absolute atomic E-state index is 0.00934. The van der Waals surface area contributed by atoms with E-state index in [0.717, 1.165) is 12.1 Å². The fraction of sp³-hybridized carbons (Fsp3) is 0.650. The summed E-state index contributed by atoms with van der Waals surface area (Å²) in [6.45, 7) is 2.93. The van der Waals surface area contributed by atoms with Gasteiger partial charge in [0.05, 0.1) is 13.2 Å². The number of amides is 1. The van der Waals surface area contributed by atoms with E-state index in [-0.39, 0.29) is 17.8 Å². The van der Waals surface area contributed by atoms with Crippen molar-refractivity contribution in [3.05, 3.63) is 35.1 Å². The standard InChI is InChI=1S/C20H30FN3O2/c1-23(2)13-16-11-15(7-8-18(16)21)12-22-20(25)19-14-26-10-9-24(19)17-5-3-4-6-17/h7-8,11,17,19H,3-6,9-10,12-14H2,1-2H3,(H,22,25). The Morgan fingerprint density at radius 1 is 1.35 bits per heavy atom. The van der Waals surface area contributed by atoms with Gasteiger partial charge in [-0.3, -0.25) is 9.69 Å². The molecule has 1 saturated heterocycles. The highest BCUT2D eigenvalue weighted by molar-refractivity contribution is 5.82. The Labute approximate surface area is 155 Å². The number of morpholine rings is 1.